The Morgan fingerprint density at radius 3 is 2.65 bits per heavy atom. The molecule has 0 bridgehead atoms. The minimum Gasteiger partial charge on any atom is -0.496 e. The molecule has 1 atom stereocenters. The lowest BCUT2D eigenvalue weighted by Crippen LogP contribution is -2.15. The van der Waals surface area contributed by atoms with E-state index in [1.807, 2.05) is 13.0 Å². The predicted octanol–water partition coefficient (Wildman–Crippen LogP) is 3.13. The lowest BCUT2D eigenvalue weighted by molar-refractivity contribution is 0.409. The maximum absolute atomic E-state index is 5.84. The second kappa shape index (κ2) is 5.19. The first-order valence-corrected chi connectivity index (χ1v) is 6.02. The summed E-state index contributed by atoms with van der Waals surface area (Å²) in [6.45, 7) is 2.04. The number of hydrogen-bond acceptors (Lipinski definition) is 2. The molecule has 90 valence electrons. The monoisotopic (exact) mass is 229 g/mol. The van der Waals surface area contributed by atoms with Crippen LogP contribution in [0, 0.1) is 0 Å². The zero-order valence-electron chi connectivity index (χ0n) is 10.4. The zero-order chi connectivity index (χ0) is 12.3. The number of nitrogens with two attached hydrogens (primary N) is 1. The number of fused-ring (bicyclic) bond motifs is 1. The summed E-state index contributed by atoms with van der Waals surface area (Å²) in [4.78, 5) is 0. The minimum absolute atomic E-state index is 0.221. The molecule has 2 heteroatoms. The fraction of sp³-hybridized carbons (Fsp3) is 0.333. The van der Waals surface area contributed by atoms with E-state index in [0.717, 1.165) is 18.6 Å². The Morgan fingerprint density at radius 2 is 1.94 bits per heavy atom. The molecule has 0 aliphatic heterocycles. The van der Waals surface area contributed by atoms with Crippen LogP contribution in [-0.2, 0) is 6.42 Å². The highest BCUT2D eigenvalue weighted by atomic mass is 16.5. The van der Waals surface area contributed by atoms with Crippen molar-refractivity contribution in [2.75, 3.05) is 7.11 Å². The predicted molar refractivity (Wildman–Crippen MR) is 72.5 cm³/mol. The van der Waals surface area contributed by atoms with Crippen LogP contribution in [0.1, 0.15) is 18.9 Å². The Hall–Kier alpha value is -1.54. The SMILES string of the molecule is COc1ccc2ccccc2c1CC[C@H](C)N. The molecule has 0 aromatic heterocycles. The van der Waals surface area contributed by atoms with Crippen molar-refractivity contribution in [3.8, 4) is 5.75 Å². The van der Waals surface area contributed by atoms with Gasteiger partial charge in [-0.2, -0.15) is 0 Å². The molecule has 0 radical (unpaired) electrons. The summed E-state index contributed by atoms with van der Waals surface area (Å²) in [6.07, 6.45) is 1.94. The van der Waals surface area contributed by atoms with Crippen molar-refractivity contribution in [1.29, 1.82) is 0 Å². The second-order valence-corrected chi connectivity index (χ2v) is 4.48. The third-order valence-corrected chi connectivity index (χ3v) is 3.07. The fourth-order valence-corrected chi connectivity index (χ4v) is 2.14. The van der Waals surface area contributed by atoms with Crippen LogP contribution >= 0.6 is 0 Å². The van der Waals surface area contributed by atoms with Gasteiger partial charge in [-0.15, -0.1) is 0 Å². The molecular weight excluding hydrogens is 210 g/mol. The van der Waals surface area contributed by atoms with Gasteiger partial charge in [0.15, 0.2) is 0 Å². The minimum atomic E-state index is 0.221. The van der Waals surface area contributed by atoms with Gasteiger partial charge in [0.2, 0.25) is 0 Å². The van der Waals surface area contributed by atoms with E-state index in [4.69, 9.17) is 10.5 Å². The Labute approximate surface area is 102 Å². The van der Waals surface area contributed by atoms with Gasteiger partial charge >= 0.3 is 0 Å². The maximum atomic E-state index is 5.84. The van der Waals surface area contributed by atoms with Crippen LogP contribution in [0.15, 0.2) is 36.4 Å². The highest BCUT2D eigenvalue weighted by Gasteiger charge is 2.08. The molecule has 0 amide bonds. The molecule has 2 nitrogen and oxygen atoms in total. The molecule has 0 aliphatic carbocycles. The van der Waals surface area contributed by atoms with Crippen molar-refractivity contribution in [2.45, 2.75) is 25.8 Å². The first-order valence-electron chi connectivity index (χ1n) is 6.02. The lowest BCUT2D eigenvalue weighted by Gasteiger charge is -2.13. The van der Waals surface area contributed by atoms with Gasteiger partial charge in [-0.3, -0.25) is 0 Å². The normalized spacial score (nSPS) is 12.6. The van der Waals surface area contributed by atoms with Crippen molar-refractivity contribution in [1.82, 2.24) is 0 Å². The molecule has 2 aromatic carbocycles. The van der Waals surface area contributed by atoms with E-state index in [9.17, 15) is 0 Å². The van der Waals surface area contributed by atoms with E-state index in [1.165, 1.54) is 16.3 Å². The van der Waals surface area contributed by atoms with E-state index in [-0.39, 0.29) is 6.04 Å². The average molecular weight is 229 g/mol. The van der Waals surface area contributed by atoms with E-state index in [1.54, 1.807) is 7.11 Å². The number of aryl methyl sites for hydroxylation is 1. The Bertz CT molecular complexity index is 505. The van der Waals surface area contributed by atoms with Crippen LogP contribution in [0.5, 0.6) is 5.75 Å². The molecule has 2 rings (SSSR count). The van der Waals surface area contributed by atoms with Crippen LogP contribution < -0.4 is 10.5 Å². The van der Waals surface area contributed by atoms with E-state index >= 15 is 0 Å². The zero-order valence-corrected chi connectivity index (χ0v) is 10.4. The van der Waals surface area contributed by atoms with Crippen LogP contribution in [0.2, 0.25) is 0 Å². The number of hydrogen-bond donors (Lipinski definition) is 1. The van der Waals surface area contributed by atoms with Crippen LogP contribution in [0.4, 0.5) is 0 Å². The Kier molecular flexibility index (Phi) is 3.64. The molecule has 0 unspecified atom stereocenters. The topological polar surface area (TPSA) is 35.2 Å². The first kappa shape index (κ1) is 11.9. The molecular formula is C15H19NO. The molecule has 0 aliphatic rings. The summed E-state index contributed by atoms with van der Waals surface area (Å²) in [5, 5.41) is 2.53. The van der Waals surface area contributed by atoms with E-state index in [2.05, 4.69) is 30.3 Å². The first-order chi connectivity index (χ1) is 8.22. The van der Waals surface area contributed by atoms with Gasteiger partial charge in [0, 0.05) is 11.6 Å². The van der Waals surface area contributed by atoms with Crippen LogP contribution in [-0.4, -0.2) is 13.2 Å². The maximum Gasteiger partial charge on any atom is 0.122 e. The van der Waals surface area contributed by atoms with Crippen molar-refractivity contribution < 1.29 is 4.74 Å². The molecule has 0 saturated carbocycles. The standard InChI is InChI=1S/C15H19NO/c1-11(16)7-9-14-13-6-4-3-5-12(13)8-10-15(14)17-2/h3-6,8,10-11H,7,9,16H2,1-2H3/t11-/m0/s1. The van der Waals surface area contributed by atoms with Gasteiger partial charge in [-0.25, -0.2) is 0 Å². The second-order valence-electron chi connectivity index (χ2n) is 4.48. The molecule has 2 aromatic rings. The number of rotatable bonds is 4. The highest BCUT2D eigenvalue weighted by Crippen LogP contribution is 2.29. The third kappa shape index (κ3) is 2.59. The molecule has 0 saturated heterocycles. The molecule has 0 heterocycles. The summed E-state index contributed by atoms with van der Waals surface area (Å²) < 4.78 is 5.44. The van der Waals surface area contributed by atoms with Crippen molar-refractivity contribution in [3.63, 3.8) is 0 Å². The van der Waals surface area contributed by atoms with Crippen molar-refractivity contribution >= 4 is 10.8 Å². The quantitative estimate of drug-likeness (QED) is 0.874. The van der Waals surface area contributed by atoms with Gasteiger partial charge in [0.05, 0.1) is 7.11 Å². The Morgan fingerprint density at radius 1 is 1.18 bits per heavy atom. The van der Waals surface area contributed by atoms with Gasteiger partial charge in [0.1, 0.15) is 5.75 Å². The number of methoxy groups -OCH3 is 1. The summed E-state index contributed by atoms with van der Waals surface area (Å²) in [7, 11) is 1.72. The fourth-order valence-electron chi connectivity index (χ4n) is 2.14. The largest absolute Gasteiger partial charge is 0.496 e. The Balaban J connectivity index is 2.47. The number of benzene rings is 2. The molecule has 17 heavy (non-hydrogen) atoms. The van der Waals surface area contributed by atoms with Crippen molar-refractivity contribution in [2.24, 2.45) is 5.73 Å². The van der Waals surface area contributed by atoms with E-state index in [0.29, 0.717) is 0 Å². The van der Waals surface area contributed by atoms with E-state index < -0.39 is 0 Å². The van der Waals surface area contributed by atoms with Gasteiger partial charge in [-0.05, 0) is 36.6 Å². The summed E-state index contributed by atoms with van der Waals surface area (Å²) in [5.74, 6) is 0.962. The van der Waals surface area contributed by atoms with Crippen molar-refractivity contribution in [3.05, 3.63) is 42.0 Å². The summed E-state index contributed by atoms with van der Waals surface area (Å²) in [5.41, 5.74) is 7.10. The highest BCUT2D eigenvalue weighted by molar-refractivity contribution is 5.87. The van der Waals surface area contributed by atoms with Crippen LogP contribution in [0.3, 0.4) is 0 Å². The average Bonchev–Trinajstić information content (AvgIpc) is 2.35. The lowest BCUT2D eigenvalue weighted by atomic mass is 9.98. The number of ether oxygens (including phenoxy) is 1. The smallest absolute Gasteiger partial charge is 0.122 e. The van der Waals surface area contributed by atoms with Gasteiger partial charge in [-0.1, -0.05) is 30.3 Å². The molecule has 0 spiro atoms. The molecule has 0 fully saturated rings. The van der Waals surface area contributed by atoms with Gasteiger partial charge < -0.3 is 10.5 Å². The van der Waals surface area contributed by atoms with Crippen LogP contribution in [0.25, 0.3) is 10.8 Å². The molecule has 2 N–H and O–H groups in total. The summed E-state index contributed by atoms with van der Waals surface area (Å²) in [6, 6.07) is 12.8. The third-order valence-electron chi connectivity index (χ3n) is 3.07. The van der Waals surface area contributed by atoms with Gasteiger partial charge in [0.25, 0.3) is 0 Å². The summed E-state index contributed by atoms with van der Waals surface area (Å²) >= 11 is 0.